The van der Waals surface area contributed by atoms with Crippen molar-refractivity contribution in [3.8, 4) is 5.75 Å². The number of hydrogen-bond donors (Lipinski definition) is 1. The van der Waals surface area contributed by atoms with Gasteiger partial charge in [0.05, 0.1) is 0 Å². The van der Waals surface area contributed by atoms with Crippen LogP contribution in [0.4, 0.5) is 0 Å². The van der Waals surface area contributed by atoms with Crippen LogP contribution in [-0.2, 0) is 4.79 Å². The lowest BCUT2D eigenvalue weighted by atomic mass is 10.1. The zero-order valence-electron chi connectivity index (χ0n) is 11.9. The summed E-state index contributed by atoms with van der Waals surface area (Å²) in [6, 6.07) is 5.11. The molecule has 1 unspecified atom stereocenters. The van der Waals surface area contributed by atoms with Gasteiger partial charge in [-0.15, -0.1) is 0 Å². The van der Waals surface area contributed by atoms with Crippen molar-refractivity contribution in [2.75, 3.05) is 13.1 Å². The summed E-state index contributed by atoms with van der Waals surface area (Å²) in [7, 11) is 0. The molecule has 2 atom stereocenters. The standard InChI is InChI=1S/C15H21ClN2O2/c1-10(17)13-9-12(16)5-6-14(13)20-11(2)15(19)18-7-3-4-8-18/h5-6,9-11H,3-4,7-8,17H2,1-2H3/t10-,11?/m0/s1. The minimum atomic E-state index is -0.508. The van der Waals surface area contributed by atoms with E-state index in [1.807, 2.05) is 11.8 Å². The zero-order chi connectivity index (χ0) is 14.7. The summed E-state index contributed by atoms with van der Waals surface area (Å²) in [5.74, 6) is 0.664. The second-order valence-electron chi connectivity index (χ2n) is 5.26. The molecule has 4 nitrogen and oxygen atoms in total. The van der Waals surface area contributed by atoms with E-state index >= 15 is 0 Å². The van der Waals surface area contributed by atoms with E-state index in [1.165, 1.54) is 0 Å². The van der Waals surface area contributed by atoms with Gasteiger partial charge in [-0.3, -0.25) is 4.79 Å². The van der Waals surface area contributed by atoms with Crippen molar-refractivity contribution in [3.63, 3.8) is 0 Å². The average Bonchev–Trinajstić information content (AvgIpc) is 2.93. The number of carbonyl (C=O) groups is 1. The molecule has 1 fully saturated rings. The van der Waals surface area contributed by atoms with Crippen molar-refractivity contribution in [1.29, 1.82) is 0 Å². The molecule has 2 N–H and O–H groups in total. The van der Waals surface area contributed by atoms with Crippen LogP contribution < -0.4 is 10.5 Å². The Morgan fingerprint density at radius 3 is 2.60 bits per heavy atom. The molecule has 1 aliphatic heterocycles. The fourth-order valence-electron chi connectivity index (χ4n) is 2.42. The molecule has 5 heteroatoms. The Kier molecular flexibility index (Phi) is 4.89. The Hall–Kier alpha value is -1.26. The van der Waals surface area contributed by atoms with E-state index < -0.39 is 6.10 Å². The molecule has 1 saturated heterocycles. The minimum absolute atomic E-state index is 0.0353. The number of carbonyl (C=O) groups excluding carboxylic acids is 1. The molecule has 0 aromatic heterocycles. The first kappa shape index (κ1) is 15.1. The molecule has 1 amide bonds. The van der Waals surface area contributed by atoms with Crippen LogP contribution in [0.2, 0.25) is 5.02 Å². The summed E-state index contributed by atoms with van der Waals surface area (Å²) >= 11 is 5.98. The third-order valence-electron chi connectivity index (χ3n) is 3.53. The van der Waals surface area contributed by atoms with Crippen molar-refractivity contribution in [2.45, 2.75) is 38.8 Å². The third-order valence-corrected chi connectivity index (χ3v) is 3.77. The molecule has 0 aliphatic carbocycles. The van der Waals surface area contributed by atoms with Gasteiger partial charge in [0.1, 0.15) is 5.75 Å². The molecule has 0 bridgehead atoms. The zero-order valence-corrected chi connectivity index (χ0v) is 12.7. The maximum absolute atomic E-state index is 12.2. The van der Waals surface area contributed by atoms with Crippen molar-refractivity contribution in [2.24, 2.45) is 5.73 Å². The first-order valence-electron chi connectivity index (χ1n) is 6.99. The SMILES string of the molecule is CC(Oc1ccc(Cl)cc1[C@H](C)N)C(=O)N1CCCC1. The van der Waals surface area contributed by atoms with Crippen LogP contribution in [0.5, 0.6) is 5.75 Å². The first-order valence-corrected chi connectivity index (χ1v) is 7.37. The van der Waals surface area contributed by atoms with E-state index in [0.717, 1.165) is 31.5 Å². The smallest absolute Gasteiger partial charge is 0.263 e. The minimum Gasteiger partial charge on any atom is -0.481 e. The number of benzene rings is 1. The molecule has 1 heterocycles. The van der Waals surface area contributed by atoms with Crippen LogP contribution in [-0.4, -0.2) is 30.0 Å². The van der Waals surface area contributed by atoms with Crippen LogP contribution >= 0.6 is 11.6 Å². The van der Waals surface area contributed by atoms with Crippen molar-refractivity contribution in [3.05, 3.63) is 28.8 Å². The maximum Gasteiger partial charge on any atom is 0.263 e. The van der Waals surface area contributed by atoms with E-state index in [2.05, 4.69) is 0 Å². The molecular weight excluding hydrogens is 276 g/mol. The molecule has 1 aliphatic rings. The molecule has 2 rings (SSSR count). The Bertz CT molecular complexity index is 485. The highest BCUT2D eigenvalue weighted by atomic mass is 35.5. The van der Waals surface area contributed by atoms with Gasteiger partial charge < -0.3 is 15.4 Å². The topological polar surface area (TPSA) is 55.6 Å². The number of halogens is 1. The second-order valence-corrected chi connectivity index (χ2v) is 5.70. The lowest BCUT2D eigenvalue weighted by molar-refractivity contribution is -0.136. The molecule has 1 aromatic rings. The number of likely N-dealkylation sites (tertiary alicyclic amines) is 1. The van der Waals surface area contributed by atoms with Gasteiger partial charge in [-0.25, -0.2) is 0 Å². The van der Waals surface area contributed by atoms with Gasteiger partial charge >= 0.3 is 0 Å². The maximum atomic E-state index is 12.2. The Balaban J connectivity index is 2.10. The number of nitrogens with two attached hydrogens (primary N) is 1. The van der Waals surface area contributed by atoms with Gasteiger partial charge in [-0.1, -0.05) is 11.6 Å². The number of hydrogen-bond acceptors (Lipinski definition) is 3. The molecule has 0 radical (unpaired) electrons. The van der Waals surface area contributed by atoms with Gasteiger partial charge in [-0.05, 0) is 44.9 Å². The van der Waals surface area contributed by atoms with Crippen LogP contribution in [0.1, 0.15) is 38.3 Å². The monoisotopic (exact) mass is 296 g/mol. The Morgan fingerprint density at radius 1 is 1.35 bits per heavy atom. The van der Waals surface area contributed by atoms with Crippen molar-refractivity contribution < 1.29 is 9.53 Å². The van der Waals surface area contributed by atoms with Gasteiger partial charge in [0, 0.05) is 29.7 Å². The van der Waals surface area contributed by atoms with E-state index in [-0.39, 0.29) is 11.9 Å². The van der Waals surface area contributed by atoms with Crippen LogP contribution in [0, 0.1) is 0 Å². The summed E-state index contributed by atoms with van der Waals surface area (Å²) in [4.78, 5) is 14.1. The predicted octanol–water partition coefficient (Wildman–Crippen LogP) is 2.75. The highest BCUT2D eigenvalue weighted by Crippen LogP contribution is 2.28. The molecule has 110 valence electrons. The Labute approximate surface area is 124 Å². The average molecular weight is 297 g/mol. The lowest BCUT2D eigenvalue weighted by Crippen LogP contribution is -2.38. The largest absolute Gasteiger partial charge is 0.481 e. The lowest BCUT2D eigenvalue weighted by Gasteiger charge is -2.23. The van der Waals surface area contributed by atoms with Crippen molar-refractivity contribution >= 4 is 17.5 Å². The summed E-state index contributed by atoms with van der Waals surface area (Å²) in [6.45, 7) is 5.30. The van der Waals surface area contributed by atoms with Gasteiger partial charge in [0.15, 0.2) is 6.10 Å². The van der Waals surface area contributed by atoms with Gasteiger partial charge in [0.25, 0.3) is 5.91 Å². The molecule has 0 saturated carbocycles. The van der Waals surface area contributed by atoms with Crippen LogP contribution in [0.3, 0.4) is 0 Å². The van der Waals surface area contributed by atoms with E-state index in [4.69, 9.17) is 22.1 Å². The van der Waals surface area contributed by atoms with E-state index in [1.54, 1.807) is 25.1 Å². The number of amides is 1. The summed E-state index contributed by atoms with van der Waals surface area (Å²) in [5, 5.41) is 0.614. The molecule has 1 aromatic carbocycles. The summed E-state index contributed by atoms with van der Waals surface area (Å²) in [6.07, 6.45) is 1.64. The van der Waals surface area contributed by atoms with Crippen molar-refractivity contribution in [1.82, 2.24) is 4.90 Å². The predicted molar refractivity (Wildman–Crippen MR) is 80.0 cm³/mol. The highest BCUT2D eigenvalue weighted by molar-refractivity contribution is 6.30. The summed E-state index contributed by atoms with van der Waals surface area (Å²) < 4.78 is 5.81. The second kappa shape index (κ2) is 6.46. The number of nitrogens with zero attached hydrogens (tertiary/aromatic N) is 1. The summed E-state index contributed by atoms with van der Waals surface area (Å²) in [5.41, 5.74) is 6.74. The van der Waals surface area contributed by atoms with Gasteiger partial charge in [-0.2, -0.15) is 0 Å². The fourth-order valence-corrected chi connectivity index (χ4v) is 2.60. The third kappa shape index (κ3) is 3.44. The van der Waals surface area contributed by atoms with Crippen LogP contribution in [0.25, 0.3) is 0 Å². The van der Waals surface area contributed by atoms with E-state index in [9.17, 15) is 4.79 Å². The molecule has 0 spiro atoms. The Morgan fingerprint density at radius 2 is 2.00 bits per heavy atom. The molecule has 20 heavy (non-hydrogen) atoms. The number of ether oxygens (including phenoxy) is 1. The first-order chi connectivity index (χ1) is 9.49. The number of rotatable bonds is 4. The van der Waals surface area contributed by atoms with Crippen LogP contribution in [0.15, 0.2) is 18.2 Å². The quantitative estimate of drug-likeness (QED) is 0.929. The highest BCUT2D eigenvalue weighted by Gasteiger charge is 2.25. The normalized spacial score (nSPS) is 17.9. The molecular formula is C15H21ClN2O2. The van der Waals surface area contributed by atoms with E-state index in [0.29, 0.717) is 10.8 Å². The fraction of sp³-hybridized carbons (Fsp3) is 0.533. The van der Waals surface area contributed by atoms with Gasteiger partial charge in [0.2, 0.25) is 0 Å².